The second-order valence-electron chi connectivity index (χ2n) is 8.72. The Kier molecular flexibility index (Phi) is 6.27. The van der Waals surface area contributed by atoms with Gasteiger partial charge in [-0.2, -0.15) is 0 Å². The van der Waals surface area contributed by atoms with Crippen LogP contribution in [0.2, 0.25) is 5.02 Å². The van der Waals surface area contributed by atoms with Crippen molar-refractivity contribution in [2.75, 3.05) is 10.6 Å². The number of nitrogens with one attached hydrogen (secondary N) is 2. The zero-order valence-corrected chi connectivity index (χ0v) is 20.7. The van der Waals surface area contributed by atoms with Crippen LogP contribution in [0, 0.1) is 11.6 Å². The molecule has 0 saturated carbocycles. The molecule has 0 spiro atoms. The summed E-state index contributed by atoms with van der Waals surface area (Å²) in [5, 5.41) is 7.04. The van der Waals surface area contributed by atoms with Crippen LogP contribution in [0.1, 0.15) is 16.7 Å². The standard InChI is InChI=1S/C30H20ClF2N5/c31-19-6-12-23-24-16-22(37-20-8-10-21(11-9-20)38-30-34-13-2-14-35-30)7-5-18(24)17-36-29(25(23)15-19)28-26(32)3-1-4-27(28)33/h1-16,37H,17H2,(H,34,35,38). The van der Waals surface area contributed by atoms with Crippen molar-refractivity contribution in [2.45, 2.75) is 6.54 Å². The molecule has 0 fully saturated rings. The summed E-state index contributed by atoms with van der Waals surface area (Å²) in [6, 6.07) is 24.6. The zero-order chi connectivity index (χ0) is 26.1. The molecule has 0 amide bonds. The van der Waals surface area contributed by atoms with Gasteiger partial charge in [-0.3, -0.25) is 4.99 Å². The highest BCUT2D eigenvalue weighted by atomic mass is 35.5. The maximum absolute atomic E-state index is 14.8. The topological polar surface area (TPSA) is 62.2 Å². The van der Waals surface area contributed by atoms with E-state index in [0.29, 0.717) is 16.5 Å². The molecule has 0 atom stereocenters. The number of aliphatic imine (C=N–C) groups is 1. The summed E-state index contributed by atoms with van der Waals surface area (Å²) >= 11 is 6.32. The predicted molar refractivity (Wildman–Crippen MR) is 148 cm³/mol. The van der Waals surface area contributed by atoms with Gasteiger partial charge in [0.05, 0.1) is 17.8 Å². The highest BCUT2D eigenvalue weighted by molar-refractivity contribution is 6.31. The molecule has 0 bridgehead atoms. The average molecular weight is 524 g/mol. The van der Waals surface area contributed by atoms with Crippen LogP contribution in [0.4, 0.5) is 31.8 Å². The minimum absolute atomic E-state index is 0.156. The van der Waals surface area contributed by atoms with Crippen molar-refractivity contribution >= 4 is 40.3 Å². The van der Waals surface area contributed by atoms with E-state index in [4.69, 9.17) is 11.6 Å². The summed E-state index contributed by atoms with van der Waals surface area (Å²) in [6.45, 7) is 0.271. The number of benzene rings is 4. The highest BCUT2D eigenvalue weighted by Crippen LogP contribution is 2.37. The lowest BCUT2D eigenvalue weighted by Gasteiger charge is -2.15. The van der Waals surface area contributed by atoms with Crippen molar-refractivity contribution in [1.29, 1.82) is 0 Å². The molecule has 1 aliphatic rings. The second-order valence-corrected chi connectivity index (χ2v) is 9.16. The van der Waals surface area contributed by atoms with Gasteiger partial charge in [0.2, 0.25) is 5.95 Å². The summed E-state index contributed by atoms with van der Waals surface area (Å²) in [5.74, 6) is -0.811. The molecule has 0 saturated heterocycles. The molecule has 4 aromatic carbocycles. The number of rotatable bonds is 5. The van der Waals surface area contributed by atoms with Crippen LogP contribution in [0.15, 0.2) is 102 Å². The third-order valence-corrected chi connectivity index (χ3v) is 6.47. The minimum Gasteiger partial charge on any atom is -0.356 e. The predicted octanol–water partition coefficient (Wildman–Crippen LogP) is 7.91. The van der Waals surface area contributed by atoms with E-state index in [1.165, 1.54) is 18.2 Å². The minimum atomic E-state index is -0.667. The van der Waals surface area contributed by atoms with Gasteiger partial charge in [0.25, 0.3) is 0 Å². The molecule has 0 unspecified atom stereocenters. The fraction of sp³-hybridized carbons (Fsp3) is 0.0333. The third-order valence-electron chi connectivity index (χ3n) is 6.24. The Morgan fingerprint density at radius 2 is 1.34 bits per heavy atom. The molecule has 8 heteroatoms. The molecule has 0 radical (unpaired) electrons. The molecule has 0 aliphatic carbocycles. The Morgan fingerprint density at radius 3 is 2.08 bits per heavy atom. The largest absolute Gasteiger partial charge is 0.356 e. The molecular formula is C30H20ClF2N5. The van der Waals surface area contributed by atoms with Crippen molar-refractivity contribution in [3.05, 3.63) is 131 Å². The number of aromatic nitrogens is 2. The first-order valence-electron chi connectivity index (χ1n) is 11.9. The Bertz CT molecular complexity index is 1650. The highest BCUT2D eigenvalue weighted by Gasteiger charge is 2.24. The first-order valence-corrected chi connectivity index (χ1v) is 12.3. The fourth-order valence-electron chi connectivity index (χ4n) is 4.47. The molecule has 2 N–H and O–H groups in total. The first-order chi connectivity index (χ1) is 18.5. The van der Waals surface area contributed by atoms with Gasteiger partial charge in [0.1, 0.15) is 11.6 Å². The lowest BCUT2D eigenvalue weighted by atomic mass is 9.91. The number of nitrogens with zero attached hydrogens (tertiary/aromatic N) is 3. The maximum atomic E-state index is 14.8. The third kappa shape index (κ3) is 4.71. The molecule has 1 aromatic heterocycles. The van der Waals surface area contributed by atoms with Crippen LogP contribution < -0.4 is 10.6 Å². The van der Waals surface area contributed by atoms with Gasteiger partial charge in [-0.25, -0.2) is 18.7 Å². The van der Waals surface area contributed by atoms with Crippen molar-refractivity contribution in [3.63, 3.8) is 0 Å². The van der Waals surface area contributed by atoms with Gasteiger partial charge < -0.3 is 10.6 Å². The van der Waals surface area contributed by atoms with Crippen molar-refractivity contribution < 1.29 is 8.78 Å². The molecule has 2 heterocycles. The normalized spacial score (nSPS) is 12.1. The lowest BCUT2D eigenvalue weighted by Crippen LogP contribution is -2.10. The molecular weight excluding hydrogens is 504 g/mol. The molecule has 6 rings (SSSR count). The molecule has 5 aromatic rings. The van der Waals surface area contributed by atoms with Gasteiger partial charge in [0.15, 0.2) is 0 Å². The molecule has 38 heavy (non-hydrogen) atoms. The van der Waals surface area contributed by atoms with Crippen LogP contribution in [-0.4, -0.2) is 15.7 Å². The van der Waals surface area contributed by atoms with E-state index in [9.17, 15) is 8.78 Å². The first kappa shape index (κ1) is 23.8. The summed E-state index contributed by atoms with van der Waals surface area (Å²) < 4.78 is 29.5. The van der Waals surface area contributed by atoms with E-state index in [1.807, 2.05) is 48.5 Å². The van der Waals surface area contributed by atoms with E-state index < -0.39 is 11.6 Å². The summed E-state index contributed by atoms with van der Waals surface area (Å²) in [6.07, 6.45) is 3.35. The number of fused-ring (bicyclic) bond motifs is 3. The monoisotopic (exact) mass is 523 g/mol. The van der Waals surface area contributed by atoms with Crippen LogP contribution in [0.25, 0.3) is 11.1 Å². The van der Waals surface area contributed by atoms with Crippen LogP contribution in [0.3, 0.4) is 0 Å². The van der Waals surface area contributed by atoms with Gasteiger partial charge in [-0.05, 0) is 83.4 Å². The van der Waals surface area contributed by atoms with Gasteiger partial charge >= 0.3 is 0 Å². The Balaban J connectivity index is 1.33. The maximum Gasteiger partial charge on any atom is 0.227 e. The lowest BCUT2D eigenvalue weighted by molar-refractivity contribution is 0.579. The quantitative estimate of drug-likeness (QED) is 0.246. The number of anilines is 4. The Hall–Kier alpha value is -4.62. The van der Waals surface area contributed by atoms with E-state index in [2.05, 4.69) is 25.6 Å². The zero-order valence-electron chi connectivity index (χ0n) is 19.9. The second kappa shape index (κ2) is 10.0. The van der Waals surface area contributed by atoms with Gasteiger partial charge in [-0.1, -0.05) is 29.8 Å². The number of hydrogen-bond acceptors (Lipinski definition) is 5. The summed E-state index contributed by atoms with van der Waals surface area (Å²) in [7, 11) is 0. The van der Waals surface area contributed by atoms with E-state index in [1.54, 1.807) is 30.6 Å². The Labute approximate surface area is 222 Å². The smallest absolute Gasteiger partial charge is 0.227 e. The average Bonchev–Trinajstić information content (AvgIpc) is 3.07. The van der Waals surface area contributed by atoms with Crippen LogP contribution in [-0.2, 0) is 6.54 Å². The molecule has 5 nitrogen and oxygen atoms in total. The molecule has 186 valence electrons. The van der Waals surface area contributed by atoms with E-state index in [0.717, 1.165) is 33.8 Å². The van der Waals surface area contributed by atoms with Crippen LogP contribution in [0.5, 0.6) is 0 Å². The van der Waals surface area contributed by atoms with Gasteiger partial charge in [0, 0.05) is 40.0 Å². The Morgan fingerprint density at radius 1 is 0.658 bits per heavy atom. The van der Waals surface area contributed by atoms with Crippen molar-refractivity contribution in [1.82, 2.24) is 9.97 Å². The summed E-state index contributed by atoms with van der Waals surface area (Å²) in [5.41, 5.74) is 5.93. The summed E-state index contributed by atoms with van der Waals surface area (Å²) in [4.78, 5) is 13.0. The number of halogens is 3. The van der Waals surface area contributed by atoms with Gasteiger partial charge in [-0.15, -0.1) is 0 Å². The van der Waals surface area contributed by atoms with E-state index >= 15 is 0 Å². The van der Waals surface area contributed by atoms with Crippen molar-refractivity contribution in [2.24, 2.45) is 4.99 Å². The number of hydrogen-bond donors (Lipinski definition) is 2. The molecule has 1 aliphatic heterocycles. The van der Waals surface area contributed by atoms with Crippen molar-refractivity contribution in [3.8, 4) is 11.1 Å². The van der Waals surface area contributed by atoms with Crippen LogP contribution >= 0.6 is 11.6 Å². The fourth-order valence-corrected chi connectivity index (χ4v) is 4.65. The SMILES string of the molecule is Fc1cccc(F)c1C1=NCc2ccc(Nc3ccc(Nc4ncccn4)cc3)cc2-c2ccc(Cl)cc21. The van der Waals surface area contributed by atoms with E-state index in [-0.39, 0.29) is 17.8 Å².